The molecular weight excluding hydrogens is 202 g/mol. The molecule has 0 saturated heterocycles. The van der Waals surface area contributed by atoms with Gasteiger partial charge in [0.05, 0.1) is 5.69 Å². The molecule has 0 fully saturated rings. The Balaban J connectivity index is 2.40. The second-order valence-corrected chi connectivity index (χ2v) is 3.64. The van der Waals surface area contributed by atoms with Crippen LogP contribution in [0.2, 0.25) is 0 Å². The number of hydrogen-bond donors (Lipinski definition) is 1. The zero-order chi connectivity index (χ0) is 11.5. The third-order valence-electron chi connectivity index (χ3n) is 2.24. The van der Waals surface area contributed by atoms with E-state index in [0.717, 1.165) is 29.7 Å². The van der Waals surface area contributed by atoms with Crippen molar-refractivity contribution in [1.82, 2.24) is 25.1 Å². The van der Waals surface area contributed by atoms with E-state index in [1.165, 1.54) is 0 Å². The van der Waals surface area contributed by atoms with Crippen molar-refractivity contribution in [1.29, 1.82) is 0 Å². The summed E-state index contributed by atoms with van der Waals surface area (Å²) in [6.45, 7) is 4.55. The molecule has 0 aliphatic heterocycles. The van der Waals surface area contributed by atoms with Crippen LogP contribution in [0.3, 0.4) is 0 Å². The Kier molecular flexibility index (Phi) is 2.96. The monoisotopic (exact) mass is 217 g/mol. The third kappa shape index (κ3) is 2.09. The van der Waals surface area contributed by atoms with Gasteiger partial charge in [-0.1, -0.05) is 6.07 Å². The highest BCUT2D eigenvalue weighted by atomic mass is 15.4. The quantitative estimate of drug-likeness (QED) is 0.833. The van der Waals surface area contributed by atoms with E-state index < -0.39 is 0 Å². The summed E-state index contributed by atoms with van der Waals surface area (Å²) in [4.78, 5) is 8.76. The van der Waals surface area contributed by atoms with Gasteiger partial charge in [0.15, 0.2) is 5.82 Å². The van der Waals surface area contributed by atoms with Crippen LogP contribution in [0.4, 0.5) is 0 Å². The van der Waals surface area contributed by atoms with E-state index in [9.17, 15) is 0 Å². The first-order valence-corrected chi connectivity index (χ1v) is 5.22. The molecule has 16 heavy (non-hydrogen) atoms. The fourth-order valence-corrected chi connectivity index (χ4v) is 1.60. The number of aryl methyl sites for hydroxylation is 2. The van der Waals surface area contributed by atoms with Crippen LogP contribution in [0.5, 0.6) is 0 Å². The predicted octanol–water partition coefficient (Wildman–Crippen LogP) is 0.999. The maximum atomic E-state index is 4.50. The third-order valence-corrected chi connectivity index (χ3v) is 2.24. The molecule has 1 N–H and O–H groups in total. The van der Waals surface area contributed by atoms with Crippen LogP contribution in [0, 0.1) is 13.8 Å². The highest BCUT2D eigenvalue weighted by Gasteiger charge is 2.06. The van der Waals surface area contributed by atoms with Crippen LogP contribution in [0.1, 0.15) is 17.3 Å². The molecule has 0 amide bonds. The van der Waals surface area contributed by atoms with Crippen LogP contribution in [0.25, 0.3) is 5.82 Å². The van der Waals surface area contributed by atoms with Gasteiger partial charge in [-0.3, -0.25) is 0 Å². The largest absolute Gasteiger partial charge is 0.314 e. The molecule has 0 spiro atoms. The molecule has 2 aromatic rings. The Morgan fingerprint density at radius 3 is 2.69 bits per heavy atom. The van der Waals surface area contributed by atoms with Crippen LogP contribution in [0.15, 0.2) is 18.2 Å². The van der Waals surface area contributed by atoms with Crippen molar-refractivity contribution in [3.8, 4) is 5.82 Å². The molecule has 2 rings (SSSR count). The average Bonchev–Trinajstić information content (AvgIpc) is 2.59. The van der Waals surface area contributed by atoms with Gasteiger partial charge in [-0.15, -0.1) is 5.10 Å². The molecule has 0 saturated carbocycles. The summed E-state index contributed by atoms with van der Waals surface area (Å²) < 4.78 is 1.76. The molecule has 2 heterocycles. The molecule has 2 aromatic heterocycles. The summed E-state index contributed by atoms with van der Waals surface area (Å²) >= 11 is 0. The van der Waals surface area contributed by atoms with Gasteiger partial charge in [0, 0.05) is 6.54 Å². The molecule has 0 unspecified atom stereocenters. The van der Waals surface area contributed by atoms with Crippen LogP contribution in [-0.2, 0) is 6.54 Å². The Hall–Kier alpha value is -1.75. The standard InChI is InChI=1S/C11H15N5/c1-8-13-9(2)16(15-8)11-6-4-5-10(14-11)7-12-3/h4-6,12H,7H2,1-3H3. The number of aromatic nitrogens is 4. The minimum Gasteiger partial charge on any atom is -0.314 e. The molecule has 0 atom stereocenters. The van der Waals surface area contributed by atoms with Crippen molar-refractivity contribution in [2.24, 2.45) is 0 Å². The zero-order valence-corrected chi connectivity index (χ0v) is 9.73. The van der Waals surface area contributed by atoms with Gasteiger partial charge >= 0.3 is 0 Å². The summed E-state index contributed by atoms with van der Waals surface area (Å²) in [5, 5.41) is 7.38. The number of pyridine rings is 1. The van der Waals surface area contributed by atoms with Crippen molar-refractivity contribution in [3.63, 3.8) is 0 Å². The van der Waals surface area contributed by atoms with Gasteiger partial charge in [-0.25, -0.2) is 9.97 Å². The number of nitrogens with zero attached hydrogens (tertiary/aromatic N) is 4. The predicted molar refractivity (Wildman–Crippen MR) is 61.4 cm³/mol. The lowest BCUT2D eigenvalue weighted by Crippen LogP contribution is -2.09. The molecule has 0 aliphatic rings. The first kappa shape index (κ1) is 10.8. The smallest absolute Gasteiger partial charge is 0.155 e. The summed E-state index contributed by atoms with van der Waals surface area (Å²) in [7, 11) is 1.90. The van der Waals surface area contributed by atoms with E-state index in [1.807, 2.05) is 39.1 Å². The Bertz CT molecular complexity index is 489. The van der Waals surface area contributed by atoms with Gasteiger partial charge in [0.25, 0.3) is 0 Å². The Labute approximate surface area is 94.5 Å². The second kappa shape index (κ2) is 4.40. The van der Waals surface area contributed by atoms with E-state index in [1.54, 1.807) is 4.68 Å². The van der Waals surface area contributed by atoms with Crippen molar-refractivity contribution < 1.29 is 0 Å². The first-order valence-electron chi connectivity index (χ1n) is 5.22. The SMILES string of the molecule is CNCc1cccc(-n2nc(C)nc2C)n1. The molecular formula is C11H15N5. The number of nitrogens with one attached hydrogen (secondary N) is 1. The molecule has 5 heteroatoms. The van der Waals surface area contributed by atoms with E-state index >= 15 is 0 Å². The molecule has 5 nitrogen and oxygen atoms in total. The van der Waals surface area contributed by atoms with Crippen LogP contribution in [-0.4, -0.2) is 26.8 Å². The van der Waals surface area contributed by atoms with Crippen LogP contribution >= 0.6 is 0 Å². The normalized spacial score (nSPS) is 10.7. The molecule has 0 bridgehead atoms. The summed E-state index contributed by atoms with van der Waals surface area (Å²) in [6.07, 6.45) is 0. The Morgan fingerprint density at radius 2 is 2.06 bits per heavy atom. The summed E-state index contributed by atoms with van der Waals surface area (Å²) in [6, 6.07) is 5.89. The minimum absolute atomic E-state index is 0.751. The maximum Gasteiger partial charge on any atom is 0.155 e. The highest BCUT2D eigenvalue weighted by Crippen LogP contribution is 2.07. The maximum absolute atomic E-state index is 4.50. The van der Waals surface area contributed by atoms with Gasteiger partial charge < -0.3 is 5.32 Å². The second-order valence-electron chi connectivity index (χ2n) is 3.64. The summed E-state index contributed by atoms with van der Waals surface area (Å²) in [5.41, 5.74) is 0.993. The van der Waals surface area contributed by atoms with Crippen molar-refractivity contribution in [2.45, 2.75) is 20.4 Å². The van der Waals surface area contributed by atoms with Crippen molar-refractivity contribution in [3.05, 3.63) is 35.5 Å². The Morgan fingerprint density at radius 1 is 1.25 bits per heavy atom. The van der Waals surface area contributed by atoms with Crippen molar-refractivity contribution >= 4 is 0 Å². The van der Waals surface area contributed by atoms with Gasteiger partial charge in [-0.05, 0) is 33.0 Å². The number of hydrogen-bond acceptors (Lipinski definition) is 4. The topological polar surface area (TPSA) is 55.6 Å². The fraction of sp³-hybridized carbons (Fsp3) is 0.364. The highest BCUT2D eigenvalue weighted by molar-refractivity contribution is 5.24. The van der Waals surface area contributed by atoms with Crippen molar-refractivity contribution in [2.75, 3.05) is 7.05 Å². The lowest BCUT2D eigenvalue weighted by Gasteiger charge is -2.04. The fourth-order valence-electron chi connectivity index (χ4n) is 1.60. The van der Waals surface area contributed by atoms with Gasteiger partial charge in [0.2, 0.25) is 0 Å². The number of rotatable bonds is 3. The average molecular weight is 217 g/mol. The molecule has 0 aliphatic carbocycles. The van der Waals surface area contributed by atoms with E-state index in [2.05, 4.69) is 20.4 Å². The lowest BCUT2D eigenvalue weighted by atomic mass is 10.3. The zero-order valence-electron chi connectivity index (χ0n) is 9.73. The van der Waals surface area contributed by atoms with E-state index in [4.69, 9.17) is 0 Å². The molecule has 84 valence electrons. The van der Waals surface area contributed by atoms with Gasteiger partial charge in [-0.2, -0.15) is 4.68 Å². The molecule has 0 radical (unpaired) electrons. The lowest BCUT2D eigenvalue weighted by molar-refractivity contribution is 0.757. The first-order chi connectivity index (χ1) is 7.70. The van der Waals surface area contributed by atoms with E-state index in [0.29, 0.717) is 0 Å². The minimum atomic E-state index is 0.751. The summed E-state index contributed by atoms with van der Waals surface area (Å²) in [5.74, 6) is 2.43. The van der Waals surface area contributed by atoms with E-state index in [-0.39, 0.29) is 0 Å². The van der Waals surface area contributed by atoms with Gasteiger partial charge in [0.1, 0.15) is 11.6 Å². The molecule has 0 aromatic carbocycles. The van der Waals surface area contributed by atoms with Crippen LogP contribution < -0.4 is 5.32 Å².